The number of carbonyl (C=O) groups excluding carboxylic acids is 2. The molecule has 2 amide bonds. The molecule has 0 aliphatic heterocycles. The fourth-order valence-electron chi connectivity index (χ4n) is 3.10. The highest BCUT2D eigenvalue weighted by molar-refractivity contribution is 6.31. The average molecular weight is 475 g/mol. The maximum absolute atomic E-state index is 13.2. The minimum atomic E-state index is -0.269. The van der Waals surface area contributed by atoms with Crippen molar-refractivity contribution in [2.24, 2.45) is 0 Å². The SMILES string of the molecule is CCC(C)(C)NC(=O)CCN(C(=O)c1cc(Cl)cc(OCCNc2ccccn2)c1)C(C)C. The van der Waals surface area contributed by atoms with Crippen LogP contribution >= 0.6 is 11.6 Å². The van der Waals surface area contributed by atoms with Crippen molar-refractivity contribution in [1.29, 1.82) is 0 Å². The molecule has 8 heteroatoms. The van der Waals surface area contributed by atoms with Gasteiger partial charge in [0.05, 0.1) is 6.54 Å². The van der Waals surface area contributed by atoms with Gasteiger partial charge in [0.2, 0.25) is 5.91 Å². The zero-order valence-electron chi connectivity index (χ0n) is 20.2. The predicted molar refractivity (Wildman–Crippen MR) is 133 cm³/mol. The minimum absolute atomic E-state index is 0.0733. The molecular weight excluding hydrogens is 440 g/mol. The lowest BCUT2D eigenvalue weighted by atomic mass is 10.0. The summed E-state index contributed by atoms with van der Waals surface area (Å²) in [6.07, 6.45) is 2.78. The lowest BCUT2D eigenvalue weighted by Crippen LogP contribution is -2.45. The fraction of sp³-hybridized carbons (Fsp3) is 0.480. The van der Waals surface area contributed by atoms with Crippen molar-refractivity contribution in [3.05, 3.63) is 53.2 Å². The van der Waals surface area contributed by atoms with Crippen LogP contribution in [-0.4, -0.2) is 53.0 Å². The van der Waals surface area contributed by atoms with Crippen LogP contribution in [0.1, 0.15) is 57.8 Å². The molecule has 2 aromatic rings. The van der Waals surface area contributed by atoms with E-state index in [1.165, 1.54) is 0 Å². The molecule has 0 aliphatic rings. The predicted octanol–water partition coefficient (Wildman–Crippen LogP) is 4.77. The molecule has 0 spiro atoms. The summed E-state index contributed by atoms with van der Waals surface area (Å²) in [4.78, 5) is 31.5. The first-order valence-electron chi connectivity index (χ1n) is 11.3. The van der Waals surface area contributed by atoms with E-state index in [2.05, 4.69) is 15.6 Å². The number of amides is 2. The average Bonchev–Trinajstić information content (AvgIpc) is 2.76. The zero-order chi connectivity index (χ0) is 24.4. The number of nitrogens with zero attached hydrogens (tertiary/aromatic N) is 2. The summed E-state index contributed by atoms with van der Waals surface area (Å²) in [7, 11) is 0. The number of hydrogen-bond donors (Lipinski definition) is 2. The number of rotatable bonds is 12. The van der Waals surface area contributed by atoms with Gasteiger partial charge in [-0.15, -0.1) is 0 Å². The smallest absolute Gasteiger partial charge is 0.254 e. The number of anilines is 1. The highest BCUT2D eigenvalue weighted by Gasteiger charge is 2.23. The Labute approximate surface area is 201 Å². The Morgan fingerprint density at radius 1 is 1.21 bits per heavy atom. The third-order valence-corrected chi connectivity index (χ3v) is 5.50. The van der Waals surface area contributed by atoms with Crippen molar-refractivity contribution in [3.63, 3.8) is 0 Å². The molecule has 0 fully saturated rings. The maximum Gasteiger partial charge on any atom is 0.254 e. The van der Waals surface area contributed by atoms with Crippen molar-refractivity contribution in [2.45, 2.75) is 59.0 Å². The van der Waals surface area contributed by atoms with Gasteiger partial charge in [0.15, 0.2) is 0 Å². The second kappa shape index (κ2) is 12.4. The first-order chi connectivity index (χ1) is 15.6. The van der Waals surface area contributed by atoms with E-state index in [1.807, 2.05) is 52.8 Å². The molecular formula is C25H35ClN4O3. The van der Waals surface area contributed by atoms with E-state index >= 15 is 0 Å². The van der Waals surface area contributed by atoms with Crippen LogP contribution in [-0.2, 0) is 4.79 Å². The molecule has 1 aromatic carbocycles. The number of aromatic nitrogens is 1. The molecule has 1 aromatic heterocycles. The second-order valence-corrected chi connectivity index (χ2v) is 9.23. The van der Waals surface area contributed by atoms with Gasteiger partial charge in [-0.1, -0.05) is 24.6 Å². The number of benzene rings is 1. The zero-order valence-corrected chi connectivity index (χ0v) is 20.9. The Bertz CT molecular complexity index is 919. The summed E-state index contributed by atoms with van der Waals surface area (Å²) in [5.74, 6) is 1.02. The summed E-state index contributed by atoms with van der Waals surface area (Å²) >= 11 is 6.26. The van der Waals surface area contributed by atoms with Gasteiger partial charge in [-0.25, -0.2) is 4.98 Å². The Hall–Kier alpha value is -2.80. The molecule has 1 heterocycles. The van der Waals surface area contributed by atoms with Crippen LogP contribution < -0.4 is 15.4 Å². The molecule has 0 saturated heterocycles. The van der Waals surface area contributed by atoms with Crippen molar-refractivity contribution >= 4 is 29.2 Å². The van der Waals surface area contributed by atoms with Crippen LogP contribution in [0.5, 0.6) is 5.75 Å². The summed E-state index contributed by atoms with van der Waals surface area (Å²) in [6.45, 7) is 11.1. The van der Waals surface area contributed by atoms with Crippen LogP contribution in [0.15, 0.2) is 42.6 Å². The molecule has 0 saturated carbocycles. The van der Waals surface area contributed by atoms with E-state index in [0.29, 0.717) is 36.0 Å². The topological polar surface area (TPSA) is 83.6 Å². The van der Waals surface area contributed by atoms with Gasteiger partial charge in [-0.2, -0.15) is 0 Å². The van der Waals surface area contributed by atoms with Crippen molar-refractivity contribution in [3.8, 4) is 5.75 Å². The van der Waals surface area contributed by atoms with Gasteiger partial charge in [0.1, 0.15) is 18.2 Å². The Balaban J connectivity index is 1.98. The van der Waals surface area contributed by atoms with Gasteiger partial charge in [-0.3, -0.25) is 9.59 Å². The number of carbonyl (C=O) groups is 2. The quantitative estimate of drug-likeness (QED) is 0.433. The second-order valence-electron chi connectivity index (χ2n) is 8.79. The van der Waals surface area contributed by atoms with Crippen molar-refractivity contribution < 1.29 is 14.3 Å². The van der Waals surface area contributed by atoms with Crippen molar-refractivity contribution in [2.75, 3.05) is 25.0 Å². The van der Waals surface area contributed by atoms with Gasteiger partial charge in [0, 0.05) is 41.3 Å². The Morgan fingerprint density at radius 2 is 1.97 bits per heavy atom. The normalized spacial score (nSPS) is 11.2. The van der Waals surface area contributed by atoms with E-state index in [9.17, 15) is 9.59 Å². The Kier molecular flexibility index (Phi) is 9.97. The summed E-state index contributed by atoms with van der Waals surface area (Å²) in [5, 5.41) is 6.59. The minimum Gasteiger partial charge on any atom is -0.492 e. The summed E-state index contributed by atoms with van der Waals surface area (Å²) < 4.78 is 5.80. The number of nitrogens with one attached hydrogen (secondary N) is 2. The standard InChI is InChI=1S/C25H35ClN4O3/c1-6-25(4,5)29-23(31)10-13-30(18(2)3)24(32)19-15-20(26)17-21(16-19)33-14-12-28-22-9-7-8-11-27-22/h7-9,11,15-18H,6,10,12-14H2,1-5H3,(H,27,28)(H,29,31). The molecule has 2 rings (SSSR count). The van der Waals surface area contributed by atoms with Crippen LogP contribution in [0.25, 0.3) is 0 Å². The van der Waals surface area contributed by atoms with E-state index in [-0.39, 0.29) is 29.8 Å². The number of hydrogen-bond acceptors (Lipinski definition) is 5. The Morgan fingerprint density at radius 3 is 2.61 bits per heavy atom. The van der Waals surface area contributed by atoms with E-state index in [1.54, 1.807) is 29.3 Å². The molecule has 0 bridgehead atoms. The van der Waals surface area contributed by atoms with E-state index < -0.39 is 0 Å². The highest BCUT2D eigenvalue weighted by Crippen LogP contribution is 2.23. The maximum atomic E-state index is 13.2. The van der Waals surface area contributed by atoms with E-state index in [0.717, 1.165) is 12.2 Å². The van der Waals surface area contributed by atoms with Gasteiger partial charge >= 0.3 is 0 Å². The van der Waals surface area contributed by atoms with Crippen LogP contribution in [0.4, 0.5) is 5.82 Å². The fourth-order valence-corrected chi connectivity index (χ4v) is 3.32. The van der Waals surface area contributed by atoms with Gasteiger partial charge in [0.25, 0.3) is 5.91 Å². The molecule has 0 radical (unpaired) electrons. The molecule has 0 aliphatic carbocycles. The van der Waals surface area contributed by atoms with Crippen LogP contribution in [0.3, 0.4) is 0 Å². The van der Waals surface area contributed by atoms with Crippen molar-refractivity contribution in [1.82, 2.24) is 15.2 Å². The number of ether oxygens (including phenoxy) is 1. The number of pyridine rings is 1. The summed E-state index contributed by atoms with van der Waals surface area (Å²) in [6, 6.07) is 10.5. The molecule has 33 heavy (non-hydrogen) atoms. The molecule has 7 nitrogen and oxygen atoms in total. The van der Waals surface area contributed by atoms with Gasteiger partial charge < -0.3 is 20.3 Å². The first kappa shape index (κ1) is 26.5. The largest absolute Gasteiger partial charge is 0.492 e. The summed E-state index contributed by atoms with van der Waals surface area (Å²) in [5.41, 5.74) is 0.159. The third kappa shape index (κ3) is 8.92. The highest BCUT2D eigenvalue weighted by atomic mass is 35.5. The lowest BCUT2D eigenvalue weighted by Gasteiger charge is -2.29. The lowest BCUT2D eigenvalue weighted by molar-refractivity contribution is -0.122. The first-order valence-corrected chi connectivity index (χ1v) is 11.7. The monoisotopic (exact) mass is 474 g/mol. The van der Waals surface area contributed by atoms with E-state index in [4.69, 9.17) is 16.3 Å². The molecule has 0 unspecified atom stereocenters. The third-order valence-electron chi connectivity index (χ3n) is 5.29. The molecule has 180 valence electrons. The van der Waals surface area contributed by atoms with Gasteiger partial charge in [-0.05, 0) is 64.4 Å². The molecule has 2 N–H and O–H groups in total. The van der Waals surface area contributed by atoms with Crippen LogP contribution in [0.2, 0.25) is 5.02 Å². The molecule has 0 atom stereocenters. The van der Waals surface area contributed by atoms with Crippen LogP contribution in [0, 0.1) is 0 Å². The number of halogens is 1.